The van der Waals surface area contributed by atoms with Crippen LogP contribution in [0.2, 0.25) is 5.02 Å². The Kier molecular flexibility index (Phi) is 5.24. The van der Waals surface area contributed by atoms with Crippen LogP contribution < -0.4 is 5.73 Å². The molecule has 0 bridgehead atoms. The van der Waals surface area contributed by atoms with E-state index in [2.05, 4.69) is 28.0 Å². The fourth-order valence-corrected chi connectivity index (χ4v) is 3.25. The number of hydrogen-bond acceptors (Lipinski definition) is 2. The average Bonchev–Trinajstić information content (AvgIpc) is 2.72. The molecule has 0 radical (unpaired) electrons. The minimum atomic E-state index is 0.267. The minimum absolute atomic E-state index is 0.267. The van der Waals surface area contributed by atoms with Crippen molar-refractivity contribution in [2.45, 2.75) is 25.7 Å². The van der Waals surface area contributed by atoms with Gasteiger partial charge in [-0.15, -0.1) is 0 Å². The normalized spacial score (nSPS) is 12.7. The molecule has 0 amide bonds. The van der Waals surface area contributed by atoms with Gasteiger partial charge in [0.25, 0.3) is 0 Å². The Morgan fingerprint density at radius 2 is 2.00 bits per heavy atom. The van der Waals surface area contributed by atoms with Gasteiger partial charge in [-0.2, -0.15) is 5.10 Å². The van der Waals surface area contributed by atoms with Crippen LogP contribution in [-0.2, 0) is 19.9 Å². The average molecular weight is 357 g/mol. The van der Waals surface area contributed by atoms with Crippen LogP contribution in [0.3, 0.4) is 0 Å². The summed E-state index contributed by atoms with van der Waals surface area (Å²) in [5, 5.41) is 5.28. The van der Waals surface area contributed by atoms with Crippen LogP contribution in [0.4, 0.5) is 0 Å². The van der Waals surface area contributed by atoms with Gasteiger partial charge in [-0.3, -0.25) is 4.68 Å². The molecule has 1 heterocycles. The maximum atomic E-state index is 5.95. The van der Waals surface area contributed by atoms with Gasteiger partial charge in [0.05, 0.1) is 15.9 Å². The molecule has 1 aromatic carbocycles. The summed E-state index contributed by atoms with van der Waals surface area (Å²) in [5.74, 6) is 0.267. The first-order valence-corrected chi connectivity index (χ1v) is 7.89. The van der Waals surface area contributed by atoms with E-state index in [9.17, 15) is 0 Å². The van der Waals surface area contributed by atoms with Crippen LogP contribution in [0.1, 0.15) is 29.8 Å². The summed E-state index contributed by atoms with van der Waals surface area (Å²) in [6.07, 6.45) is 1.78. The van der Waals surface area contributed by atoms with Crippen molar-refractivity contribution in [1.82, 2.24) is 9.78 Å². The SMILES string of the molecule is CCc1nn(C)c(CC(CN)c2ccc(Cl)cc2)c1Br. The van der Waals surface area contributed by atoms with Crippen molar-refractivity contribution >= 4 is 27.5 Å². The number of halogens is 2. The van der Waals surface area contributed by atoms with E-state index in [1.165, 1.54) is 11.3 Å². The van der Waals surface area contributed by atoms with Gasteiger partial charge < -0.3 is 5.73 Å². The van der Waals surface area contributed by atoms with E-state index in [0.717, 1.165) is 28.0 Å². The summed E-state index contributed by atoms with van der Waals surface area (Å²) in [5.41, 5.74) is 9.44. The summed E-state index contributed by atoms with van der Waals surface area (Å²) in [4.78, 5) is 0. The van der Waals surface area contributed by atoms with Crippen LogP contribution >= 0.6 is 27.5 Å². The van der Waals surface area contributed by atoms with E-state index in [0.29, 0.717) is 6.54 Å². The van der Waals surface area contributed by atoms with Gasteiger partial charge in [-0.25, -0.2) is 0 Å². The molecule has 1 aromatic heterocycles. The second kappa shape index (κ2) is 6.74. The van der Waals surface area contributed by atoms with Crippen molar-refractivity contribution < 1.29 is 0 Å². The summed E-state index contributed by atoms with van der Waals surface area (Å²) >= 11 is 9.60. The molecule has 108 valence electrons. The third kappa shape index (κ3) is 3.25. The molecule has 0 fully saturated rings. The molecule has 1 atom stereocenters. The molecule has 2 aromatic rings. The topological polar surface area (TPSA) is 43.8 Å². The van der Waals surface area contributed by atoms with Gasteiger partial charge in [0.1, 0.15) is 0 Å². The zero-order valence-electron chi connectivity index (χ0n) is 11.7. The quantitative estimate of drug-likeness (QED) is 0.888. The third-order valence-electron chi connectivity index (χ3n) is 3.57. The maximum Gasteiger partial charge on any atom is 0.0766 e. The van der Waals surface area contributed by atoms with Gasteiger partial charge >= 0.3 is 0 Å². The van der Waals surface area contributed by atoms with E-state index in [-0.39, 0.29) is 5.92 Å². The molecular weight excluding hydrogens is 338 g/mol. The van der Waals surface area contributed by atoms with E-state index >= 15 is 0 Å². The number of nitrogens with two attached hydrogens (primary N) is 1. The monoisotopic (exact) mass is 355 g/mol. The lowest BCUT2D eigenvalue weighted by Crippen LogP contribution is -2.16. The first-order valence-electron chi connectivity index (χ1n) is 6.72. The van der Waals surface area contributed by atoms with Crippen molar-refractivity contribution in [2.75, 3.05) is 6.54 Å². The second-order valence-corrected chi connectivity index (χ2v) is 6.10. The highest BCUT2D eigenvalue weighted by Crippen LogP contribution is 2.28. The number of benzene rings is 1. The maximum absolute atomic E-state index is 5.95. The van der Waals surface area contributed by atoms with Crippen molar-refractivity contribution in [3.8, 4) is 0 Å². The van der Waals surface area contributed by atoms with Gasteiger partial charge in [0, 0.05) is 18.0 Å². The van der Waals surface area contributed by atoms with E-state index in [1.54, 1.807) is 0 Å². The van der Waals surface area contributed by atoms with Crippen LogP contribution in [0, 0.1) is 0 Å². The van der Waals surface area contributed by atoms with Crippen molar-refractivity contribution in [2.24, 2.45) is 12.8 Å². The zero-order valence-corrected chi connectivity index (χ0v) is 14.1. The van der Waals surface area contributed by atoms with Crippen molar-refractivity contribution in [1.29, 1.82) is 0 Å². The molecule has 0 spiro atoms. The fourth-order valence-electron chi connectivity index (χ4n) is 2.35. The highest BCUT2D eigenvalue weighted by Gasteiger charge is 2.18. The Hall–Kier alpha value is -0.840. The Labute approximate surface area is 133 Å². The lowest BCUT2D eigenvalue weighted by molar-refractivity contribution is 0.626. The van der Waals surface area contributed by atoms with Crippen LogP contribution in [0.25, 0.3) is 0 Å². The van der Waals surface area contributed by atoms with E-state index < -0.39 is 0 Å². The molecular formula is C15H19BrClN3. The molecule has 0 aliphatic rings. The summed E-state index contributed by atoms with van der Waals surface area (Å²) in [7, 11) is 1.98. The standard InChI is InChI=1S/C15H19BrClN3/c1-3-13-15(16)14(20(2)19-13)8-11(9-18)10-4-6-12(17)7-5-10/h4-7,11H,3,8-9,18H2,1-2H3. The van der Waals surface area contributed by atoms with Gasteiger partial charge in [0.2, 0.25) is 0 Å². The molecule has 2 rings (SSSR count). The Morgan fingerprint density at radius 1 is 1.35 bits per heavy atom. The van der Waals surface area contributed by atoms with Crippen molar-refractivity contribution in [3.05, 3.63) is 50.7 Å². The van der Waals surface area contributed by atoms with E-state index in [4.69, 9.17) is 17.3 Å². The molecule has 2 N–H and O–H groups in total. The molecule has 1 unspecified atom stereocenters. The molecule has 0 saturated carbocycles. The van der Waals surface area contributed by atoms with Crippen LogP contribution in [0.5, 0.6) is 0 Å². The second-order valence-electron chi connectivity index (χ2n) is 4.87. The Morgan fingerprint density at radius 3 is 2.50 bits per heavy atom. The van der Waals surface area contributed by atoms with Crippen LogP contribution in [0.15, 0.2) is 28.7 Å². The summed E-state index contributed by atoms with van der Waals surface area (Å²) < 4.78 is 3.05. The lowest BCUT2D eigenvalue weighted by atomic mass is 9.94. The van der Waals surface area contributed by atoms with Gasteiger partial charge in [-0.05, 0) is 53.0 Å². The molecule has 0 aliphatic heterocycles. The number of aryl methyl sites for hydroxylation is 2. The minimum Gasteiger partial charge on any atom is -0.330 e. The predicted molar refractivity (Wildman–Crippen MR) is 87.2 cm³/mol. The molecule has 3 nitrogen and oxygen atoms in total. The highest BCUT2D eigenvalue weighted by molar-refractivity contribution is 9.10. The highest BCUT2D eigenvalue weighted by atomic mass is 79.9. The van der Waals surface area contributed by atoms with Gasteiger partial charge in [-0.1, -0.05) is 30.7 Å². The lowest BCUT2D eigenvalue weighted by Gasteiger charge is -2.16. The first kappa shape index (κ1) is 15.5. The molecule has 0 saturated heterocycles. The number of rotatable bonds is 5. The largest absolute Gasteiger partial charge is 0.330 e. The first-order chi connectivity index (χ1) is 9.56. The molecule has 20 heavy (non-hydrogen) atoms. The predicted octanol–water partition coefficient (Wildman–Crippen LogP) is 3.68. The smallest absolute Gasteiger partial charge is 0.0766 e. The fraction of sp³-hybridized carbons (Fsp3) is 0.400. The summed E-state index contributed by atoms with van der Waals surface area (Å²) in [6, 6.07) is 7.92. The summed E-state index contributed by atoms with van der Waals surface area (Å²) in [6.45, 7) is 2.71. The number of nitrogens with zero attached hydrogens (tertiary/aromatic N) is 2. The number of aromatic nitrogens is 2. The molecule has 5 heteroatoms. The third-order valence-corrected chi connectivity index (χ3v) is 4.74. The Bertz CT molecular complexity index is 578. The van der Waals surface area contributed by atoms with Crippen LogP contribution in [-0.4, -0.2) is 16.3 Å². The van der Waals surface area contributed by atoms with E-state index in [1.807, 2.05) is 36.0 Å². The molecule has 0 aliphatic carbocycles. The zero-order chi connectivity index (χ0) is 14.7. The van der Waals surface area contributed by atoms with Crippen molar-refractivity contribution in [3.63, 3.8) is 0 Å². The van der Waals surface area contributed by atoms with Gasteiger partial charge in [0.15, 0.2) is 0 Å². The Balaban J connectivity index is 2.26. The number of hydrogen-bond donors (Lipinski definition) is 1.